The number of rotatable bonds is 6. The van der Waals surface area contributed by atoms with Crippen molar-refractivity contribution >= 4 is 34.6 Å². The Hall–Kier alpha value is -2.41. The molecular weight excluding hydrogens is 360 g/mol. The van der Waals surface area contributed by atoms with Crippen molar-refractivity contribution < 1.29 is 0 Å². The van der Waals surface area contributed by atoms with Crippen LogP contribution in [0.15, 0.2) is 53.9 Å². The Balaban J connectivity index is 1.81. The number of unbranched alkanes of at least 4 members (excludes halogenated alkanes) is 1. The molecule has 2 nitrogen and oxygen atoms in total. The van der Waals surface area contributed by atoms with Crippen LogP contribution in [0.2, 0.25) is 5.02 Å². The van der Waals surface area contributed by atoms with Gasteiger partial charge in [-0.15, -0.1) is 11.3 Å². The number of aromatic nitrogens is 1. The van der Waals surface area contributed by atoms with Gasteiger partial charge in [-0.05, 0) is 42.2 Å². The quantitative estimate of drug-likeness (QED) is 0.439. The van der Waals surface area contributed by atoms with E-state index >= 15 is 0 Å². The van der Waals surface area contributed by atoms with Crippen LogP contribution in [-0.4, -0.2) is 4.98 Å². The molecule has 0 bridgehead atoms. The zero-order valence-electron chi connectivity index (χ0n) is 14.6. The van der Waals surface area contributed by atoms with Crippen molar-refractivity contribution in [2.75, 3.05) is 0 Å². The minimum Gasteiger partial charge on any atom is -0.235 e. The summed E-state index contributed by atoms with van der Waals surface area (Å²) < 4.78 is 0. The van der Waals surface area contributed by atoms with Gasteiger partial charge >= 0.3 is 0 Å². The van der Waals surface area contributed by atoms with E-state index in [1.807, 2.05) is 35.7 Å². The van der Waals surface area contributed by atoms with Gasteiger partial charge in [0.05, 0.1) is 11.3 Å². The number of benzene rings is 2. The molecule has 1 aromatic heterocycles. The third-order valence-electron chi connectivity index (χ3n) is 4.10. The molecule has 0 saturated heterocycles. The third-order valence-corrected chi connectivity index (χ3v) is 5.23. The summed E-state index contributed by atoms with van der Waals surface area (Å²) in [5.74, 6) is 0. The Morgan fingerprint density at radius 2 is 1.88 bits per heavy atom. The molecule has 1 heterocycles. The van der Waals surface area contributed by atoms with E-state index in [1.54, 1.807) is 0 Å². The first kappa shape index (κ1) is 18.4. The highest BCUT2D eigenvalue weighted by Gasteiger charge is 2.09. The van der Waals surface area contributed by atoms with Crippen LogP contribution in [0, 0.1) is 11.3 Å². The van der Waals surface area contributed by atoms with Crippen LogP contribution >= 0.6 is 22.9 Å². The second-order valence-corrected chi connectivity index (χ2v) is 7.35. The molecule has 3 aromatic rings. The number of nitrogens with zero attached hydrogens (tertiary/aromatic N) is 2. The van der Waals surface area contributed by atoms with E-state index in [1.165, 1.54) is 29.7 Å². The molecule has 130 valence electrons. The number of allylic oxidation sites excluding steroid dienone is 1. The number of hydrogen-bond donors (Lipinski definition) is 0. The van der Waals surface area contributed by atoms with Gasteiger partial charge in [-0.3, -0.25) is 0 Å². The Morgan fingerprint density at radius 3 is 2.54 bits per heavy atom. The first-order valence-electron chi connectivity index (χ1n) is 8.62. The van der Waals surface area contributed by atoms with E-state index < -0.39 is 0 Å². The van der Waals surface area contributed by atoms with E-state index in [4.69, 9.17) is 11.6 Å². The molecule has 4 heteroatoms. The predicted octanol–water partition coefficient (Wildman–Crippen LogP) is 6.87. The van der Waals surface area contributed by atoms with E-state index in [0.29, 0.717) is 10.6 Å². The average molecular weight is 379 g/mol. The molecule has 0 saturated carbocycles. The van der Waals surface area contributed by atoms with E-state index in [2.05, 4.69) is 42.2 Å². The third kappa shape index (κ3) is 4.60. The van der Waals surface area contributed by atoms with Gasteiger partial charge in [0.25, 0.3) is 0 Å². The molecule has 0 N–H and O–H groups in total. The van der Waals surface area contributed by atoms with Gasteiger partial charge in [0.1, 0.15) is 11.1 Å². The highest BCUT2D eigenvalue weighted by Crippen LogP contribution is 2.27. The maximum atomic E-state index is 9.52. The maximum Gasteiger partial charge on any atom is 0.134 e. The van der Waals surface area contributed by atoms with Gasteiger partial charge in [-0.25, -0.2) is 4.98 Å². The molecule has 0 atom stereocenters. The van der Waals surface area contributed by atoms with Crippen LogP contribution in [0.5, 0.6) is 0 Å². The molecule has 0 aliphatic carbocycles. The molecule has 2 aromatic carbocycles. The van der Waals surface area contributed by atoms with E-state index in [-0.39, 0.29) is 0 Å². The van der Waals surface area contributed by atoms with Crippen molar-refractivity contribution in [3.63, 3.8) is 0 Å². The maximum absolute atomic E-state index is 9.52. The largest absolute Gasteiger partial charge is 0.235 e. The normalized spacial score (nSPS) is 11.3. The number of nitriles is 1. The highest BCUT2D eigenvalue weighted by atomic mass is 35.5. The summed E-state index contributed by atoms with van der Waals surface area (Å²) >= 11 is 7.40. The minimum atomic E-state index is 0.558. The Kier molecular flexibility index (Phi) is 6.22. The summed E-state index contributed by atoms with van der Waals surface area (Å²) in [6, 6.07) is 18.2. The second-order valence-electron chi connectivity index (χ2n) is 6.06. The fourth-order valence-corrected chi connectivity index (χ4v) is 3.54. The molecule has 0 spiro atoms. The number of hydrogen-bond acceptors (Lipinski definition) is 3. The molecule has 26 heavy (non-hydrogen) atoms. The Labute approximate surface area is 163 Å². The first-order valence-corrected chi connectivity index (χ1v) is 9.88. The number of halogens is 1. The topological polar surface area (TPSA) is 36.7 Å². The summed E-state index contributed by atoms with van der Waals surface area (Å²) in [6.45, 7) is 2.20. The molecule has 3 rings (SSSR count). The lowest BCUT2D eigenvalue weighted by molar-refractivity contribution is 0.795. The Morgan fingerprint density at radius 1 is 1.15 bits per heavy atom. The molecule has 0 aliphatic heterocycles. The fraction of sp³-hybridized carbons (Fsp3) is 0.182. The van der Waals surface area contributed by atoms with Crippen LogP contribution in [0.4, 0.5) is 0 Å². The Bertz CT molecular complexity index is 932. The van der Waals surface area contributed by atoms with Crippen LogP contribution < -0.4 is 0 Å². The molecule has 0 unspecified atom stereocenters. The molecule has 0 radical (unpaired) electrons. The van der Waals surface area contributed by atoms with Gasteiger partial charge in [0.15, 0.2) is 0 Å². The van der Waals surface area contributed by atoms with Crippen molar-refractivity contribution in [2.45, 2.75) is 26.2 Å². The summed E-state index contributed by atoms with van der Waals surface area (Å²) in [5.41, 5.74) is 4.83. The highest BCUT2D eigenvalue weighted by molar-refractivity contribution is 7.11. The van der Waals surface area contributed by atoms with Gasteiger partial charge < -0.3 is 0 Å². The zero-order chi connectivity index (χ0) is 18.4. The fourth-order valence-electron chi connectivity index (χ4n) is 2.62. The molecule has 0 aliphatic rings. The molecular formula is C22H19ClN2S. The van der Waals surface area contributed by atoms with Gasteiger partial charge in [-0.1, -0.05) is 61.3 Å². The predicted molar refractivity (Wildman–Crippen MR) is 111 cm³/mol. The minimum absolute atomic E-state index is 0.558. The van der Waals surface area contributed by atoms with Crippen molar-refractivity contribution in [1.29, 1.82) is 5.26 Å². The average Bonchev–Trinajstić information content (AvgIpc) is 3.16. The standard InChI is InChI=1S/C22H19ClN2S/c1-2-3-4-16-5-9-18(10-6-16)21-15-26-22(25-21)19(14-24)13-17-7-11-20(23)12-8-17/h5-13,15H,2-4H2,1H3/b19-13+. The van der Waals surface area contributed by atoms with Gasteiger partial charge in [-0.2, -0.15) is 5.26 Å². The van der Waals surface area contributed by atoms with Crippen LogP contribution in [0.25, 0.3) is 22.9 Å². The van der Waals surface area contributed by atoms with Crippen molar-refractivity contribution in [3.8, 4) is 17.3 Å². The van der Waals surface area contributed by atoms with E-state index in [9.17, 15) is 5.26 Å². The van der Waals surface area contributed by atoms with E-state index in [0.717, 1.165) is 28.2 Å². The van der Waals surface area contributed by atoms with Crippen molar-refractivity contribution in [3.05, 3.63) is 75.1 Å². The zero-order valence-corrected chi connectivity index (χ0v) is 16.1. The van der Waals surface area contributed by atoms with Crippen molar-refractivity contribution in [1.82, 2.24) is 4.98 Å². The lowest BCUT2D eigenvalue weighted by atomic mass is 10.1. The second kappa shape index (κ2) is 8.80. The smallest absolute Gasteiger partial charge is 0.134 e. The van der Waals surface area contributed by atoms with Gasteiger partial charge in [0.2, 0.25) is 0 Å². The first-order chi connectivity index (χ1) is 12.7. The summed E-state index contributed by atoms with van der Waals surface area (Å²) in [7, 11) is 0. The lowest BCUT2D eigenvalue weighted by Crippen LogP contribution is -1.86. The SMILES string of the molecule is CCCCc1ccc(-c2csc(/C(C#N)=C/c3ccc(Cl)cc3)n2)cc1. The summed E-state index contributed by atoms with van der Waals surface area (Å²) in [5, 5.41) is 12.9. The van der Waals surface area contributed by atoms with Crippen LogP contribution in [0.3, 0.4) is 0 Å². The lowest BCUT2D eigenvalue weighted by Gasteiger charge is -2.01. The summed E-state index contributed by atoms with van der Waals surface area (Å²) in [6.07, 6.45) is 5.36. The number of thiazole rings is 1. The molecule has 0 amide bonds. The monoisotopic (exact) mass is 378 g/mol. The van der Waals surface area contributed by atoms with Crippen LogP contribution in [-0.2, 0) is 6.42 Å². The number of aryl methyl sites for hydroxylation is 1. The van der Waals surface area contributed by atoms with Crippen molar-refractivity contribution in [2.24, 2.45) is 0 Å². The van der Waals surface area contributed by atoms with Gasteiger partial charge in [0, 0.05) is 16.0 Å². The summed E-state index contributed by atoms with van der Waals surface area (Å²) in [4.78, 5) is 4.66. The van der Waals surface area contributed by atoms with Crippen LogP contribution in [0.1, 0.15) is 35.9 Å². The molecule has 0 fully saturated rings.